The van der Waals surface area contributed by atoms with E-state index in [4.69, 9.17) is 9.47 Å². The van der Waals surface area contributed by atoms with E-state index in [-0.39, 0.29) is 37.0 Å². The van der Waals surface area contributed by atoms with Gasteiger partial charge in [-0.3, -0.25) is 14.4 Å². The largest absolute Gasteiger partial charge is 0.469 e. The van der Waals surface area contributed by atoms with Crippen LogP contribution in [-0.2, 0) is 19.1 Å². The number of ether oxygens (including phenoxy) is 2. The summed E-state index contributed by atoms with van der Waals surface area (Å²) in [6.07, 6.45) is 0.952. The van der Waals surface area contributed by atoms with E-state index in [0.717, 1.165) is 0 Å². The highest BCUT2D eigenvalue weighted by Crippen LogP contribution is 2.10. The Labute approximate surface area is 155 Å². The molecule has 1 aromatic carbocycles. The maximum absolute atomic E-state index is 12.6. The van der Waals surface area contributed by atoms with E-state index >= 15 is 0 Å². The number of benzene rings is 1. The topological polar surface area (TPSA) is 72.9 Å². The van der Waals surface area contributed by atoms with Crippen LogP contribution in [0.3, 0.4) is 0 Å². The van der Waals surface area contributed by atoms with Crippen LogP contribution in [0.4, 0.5) is 0 Å². The summed E-state index contributed by atoms with van der Waals surface area (Å²) in [6.45, 7) is 5.58. The van der Waals surface area contributed by atoms with Crippen molar-refractivity contribution in [3.8, 4) is 0 Å². The lowest BCUT2D eigenvalue weighted by molar-refractivity contribution is -0.146. The molecule has 0 saturated carbocycles. The fourth-order valence-electron chi connectivity index (χ4n) is 2.57. The van der Waals surface area contributed by atoms with Crippen molar-refractivity contribution in [2.24, 2.45) is 5.92 Å². The second-order valence-corrected chi connectivity index (χ2v) is 6.10. The van der Waals surface area contributed by atoms with Gasteiger partial charge >= 0.3 is 5.97 Å². The average Bonchev–Trinajstić information content (AvgIpc) is 2.67. The molecule has 1 unspecified atom stereocenters. The number of methoxy groups -OCH3 is 1. The molecule has 0 aliphatic heterocycles. The van der Waals surface area contributed by atoms with Crippen molar-refractivity contribution >= 4 is 17.7 Å². The van der Waals surface area contributed by atoms with E-state index in [9.17, 15) is 14.4 Å². The Bertz CT molecular complexity index is 573. The SMILES string of the molecule is CCOCCCN(CC(C)C(=O)OC)C(=O)CCC(=O)c1ccccc1. The van der Waals surface area contributed by atoms with Crippen molar-refractivity contribution in [1.29, 1.82) is 0 Å². The number of hydrogen-bond donors (Lipinski definition) is 0. The van der Waals surface area contributed by atoms with Crippen LogP contribution in [0.5, 0.6) is 0 Å². The van der Waals surface area contributed by atoms with Crippen LogP contribution in [0, 0.1) is 5.92 Å². The monoisotopic (exact) mass is 363 g/mol. The van der Waals surface area contributed by atoms with Crippen molar-refractivity contribution in [3.05, 3.63) is 35.9 Å². The molecule has 0 heterocycles. The summed E-state index contributed by atoms with van der Waals surface area (Å²) in [5.41, 5.74) is 0.603. The molecule has 6 nitrogen and oxygen atoms in total. The minimum Gasteiger partial charge on any atom is -0.469 e. The third kappa shape index (κ3) is 7.78. The van der Waals surface area contributed by atoms with Gasteiger partial charge in [-0.05, 0) is 13.3 Å². The Morgan fingerprint density at radius 2 is 1.81 bits per heavy atom. The maximum Gasteiger partial charge on any atom is 0.310 e. The summed E-state index contributed by atoms with van der Waals surface area (Å²) in [7, 11) is 1.33. The molecule has 0 aliphatic rings. The fourth-order valence-corrected chi connectivity index (χ4v) is 2.57. The van der Waals surface area contributed by atoms with Crippen molar-refractivity contribution in [2.45, 2.75) is 33.1 Å². The highest BCUT2D eigenvalue weighted by Gasteiger charge is 2.22. The lowest BCUT2D eigenvalue weighted by Gasteiger charge is -2.25. The van der Waals surface area contributed by atoms with Crippen molar-refractivity contribution in [1.82, 2.24) is 4.90 Å². The molecule has 0 spiro atoms. The average molecular weight is 363 g/mol. The van der Waals surface area contributed by atoms with Gasteiger partial charge in [0.1, 0.15) is 0 Å². The number of carbonyl (C=O) groups excluding carboxylic acids is 3. The molecular formula is C20H29NO5. The zero-order chi connectivity index (χ0) is 19.4. The molecule has 0 saturated heterocycles. The number of esters is 1. The highest BCUT2D eigenvalue weighted by molar-refractivity contribution is 5.97. The molecule has 0 fully saturated rings. The lowest BCUT2D eigenvalue weighted by atomic mass is 10.1. The summed E-state index contributed by atoms with van der Waals surface area (Å²) in [4.78, 5) is 38.0. The van der Waals surface area contributed by atoms with E-state index in [0.29, 0.717) is 31.7 Å². The molecule has 0 N–H and O–H groups in total. The minimum atomic E-state index is -0.416. The number of ketones is 1. The summed E-state index contributed by atoms with van der Waals surface area (Å²) in [5, 5.41) is 0. The van der Waals surface area contributed by atoms with Gasteiger partial charge in [0.15, 0.2) is 5.78 Å². The minimum absolute atomic E-state index is 0.0609. The normalized spacial score (nSPS) is 11.7. The molecule has 1 atom stereocenters. The number of nitrogens with zero attached hydrogens (tertiary/aromatic N) is 1. The van der Waals surface area contributed by atoms with Crippen LogP contribution in [0.1, 0.15) is 43.5 Å². The zero-order valence-electron chi connectivity index (χ0n) is 15.9. The van der Waals surface area contributed by atoms with Gasteiger partial charge in [-0.2, -0.15) is 0 Å². The predicted molar refractivity (Wildman–Crippen MR) is 98.9 cm³/mol. The van der Waals surface area contributed by atoms with Crippen LogP contribution in [0.2, 0.25) is 0 Å². The maximum atomic E-state index is 12.6. The Balaban J connectivity index is 2.60. The van der Waals surface area contributed by atoms with Gasteiger partial charge in [0.25, 0.3) is 0 Å². The van der Waals surface area contributed by atoms with E-state index in [1.54, 1.807) is 36.1 Å². The van der Waals surface area contributed by atoms with Crippen molar-refractivity contribution in [3.63, 3.8) is 0 Å². The Morgan fingerprint density at radius 3 is 2.42 bits per heavy atom. The Hall–Kier alpha value is -2.21. The van der Waals surface area contributed by atoms with Crippen LogP contribution in [0.25, 0.3) is 0 Å². The quantitative estimate of drug-likeness (QED) is 0.324. The lowest BCUT2D eigenvalue weighted by Crippen LogP contribution is -2.38. The molecular weight excluding hydrogens is 334 g/mol. The van der Waals surface area contributed by atoms with Gasteiger partial charge in [0, 0.05) is 44.7 Å². The number of rotatable bonds is 12. The summed E-state index contributed by atoms with van der Waals surface area (Å²) < 4.78 is 10.0. The highest BCUT2D eigenvalue weighted by atomic mass is 16.5. The molecule has 1 amide bonds. The van der Waals surface area contributed by atoms with Crippen LogP contribution >= 0.6 is 0 Å². The zero-order valence-corrected chi connectivity index (χ0v) is 15.9. The standard InChI is InChI=1S/C20H29NO5/c1-4-26-14-8-13-21(15-16(2)20(24)25-3)19(23)12-11-18(22)17-9-6-5-7-10-17/h5-7,9-10,16H,4,8,11-15H2,1-3H3. The third-order valence-corrected chi connectivity index (χ3v) is 4.03. The summed E-state index contributed by atoms with van der Waals surface area (Å²) in [5.74, 6) is -0.968. The van der Waals surface area contributed by atoms with Gasteiger partial charge in [-0.15, -0.1) is 0 Å². The van der Waals surface area contributed by atoms with E-state index in [1.165, 1.54) is 7.11 Å². The van der Waals surface area contributed by atoms with Gasteiger partial charge in [0.05, 0.1) is 13.0 Å². The fraction of sp³-hybridized carbons (Fsp3) is 0.550. The Kier molecular flexibility index (Phi) is 10.2. The molecule has 0 aliphatic carbocycles. The predicted octanol–water partition coefficient (Wildman–Crippen LogP) is 2.71. The third-order valence-electron chi connectivity index (χ3n) is 4.03. The van der Waals surface area contributed by atoms with Crippen molar-refractivity contribution in [2.75, 3.05) is 33.4 Å². The first kappa shape index (κ1) is 21.8. The van der Waals surface area contributed by atoms with Crippen LogP contribution in [-0.4, -0.2) is 56.0 Å². The number of Topliss-reactive ketones (excluding diaryl/α,β-unsaturated/α-hetero) is 1. The van der Waals surface area contributed by atoms with E-state index in [1.807, 2.05) is 13.0 Å². The Morgan fingerprint density at radius 1 is 1.12 bits per heavy atom. The summed E-state index contributed by atoms with van der Waals surface area (Å²) >= 11 is 0. The molecule has 0 radical (unpaired) electrons. The molecule has 26 heavy (non-hydrogen) atoms. The summed E-state index contributed by atoms with van der Waals surface area (Å²) in [6, 6.07) is 8.93. The van der Waals surface area contributed by atoms with Gasteiger partial charge in [-0.1, -0.05) is 37.3 Å². The van der Waals surface area contributed by atoms with Crippen LogP contribution < -0.4 is 0 Å². The van der Waals surface area contributed by atoms with Crippen LogP contribution in [0.15, 0.2) is 30.3 Å². The molecule has 144 valence electrons. The molecule has 1 rings (SSSR count). The first-order valence-electron chi connectivity index (χ1n) is 9.01. The molecule has 0 bridgehead atoms. The smallest absolute Gasteiger partial charge is 0.310 e. The second-order valence-electron chi connectivity index (χ2n) is 6.10. The molecule has 1 aromatic rings. The van der Waals surface area contributed by atoms with Crippen molar-refractivity contribution < 1.29 is 23.9 Å². The van der Waals surface area contributed by atoms with E-state index in [2.05, 4.69) is 0 Å². The second kappa shape index (κ2) is 12.2. The van der Waals surface area contributed by atoms with Gasteiger partial charge in [-0.25, -0.2) is 0 Å². The van der Waals surface area contributed by atoms with E-state index < -0.39 is 5.92 Å². The van der Waals surface area contributed by atoms with Gasteiger partial charge < -0.3 is 14.4 Å². The number of hydrogen-bond acceptors (Lipinski definition) is 5. The molecule has 6 heteroatoms. The molecule has 0 aromatic heterocycles. The first-order valence-corrected chi connectivity index (χ1v) is 9.01. The first-order chi connectivity index (χ1) is 12.5. The van der Waals surface area contributed by atoms with Gasteiger partial charge in [0.2, 0.25) is 5.91 Å². The number of amides is 1. The number of carbonyl (C=O) groups is 3.